The van der Waals surface area contributed by atoms with Crippen LogP contribution >= 0.6 is 0 Å². The zero-order chi connectivity index (χ0) is 13.0. The molecule has 0 saturated carbocycles. The normalized spacial score (nSPS) is 10.3. The van der Waals surface area contributed by atoms with E-state index in [1.165, 1.54) is 0 Å². The van der Waals surface area contributed by atoms with E-state index >= 15 is 0 Å². The number of anilines is 2. The number of nitrogens with zero attached hydrogens (tertiary/aromatic N) is 5. The highest BCUT2D eigenvalue weighted by Crippen LogP contribution is 2.17. The lowest BCUT2D eigenvalue weighted by atomic mass is 10.3. The Morgan fingerprint density at radius 2 is 1.94 bits per heavy atom. The van der Waals surface area contributed by atoms with Gasteiger partial charge in [0.1, 0.15) is 0 Å². The quantitative estimate of drug-likeness (QED) is 0.874. The van der Waals surface area contributed by atoms with E-state index in [-0.39, 0.29) is 5.95 Å². The highest BCUT2D eigenvalue weighted by molar-refractivity contribution is 5.56. The Kier molecular flexibility index (Phi) is 3.66. The summed E-state index contributed by atoms with van der Waals surface area (Å²) in [6.07, 6.45) is 3.42. The molecule has 0 aliphatic rings. The van der Waals surface area contributed by atoms with Crippen LogP contribution in [0, 0.1) is 0 Å². The van der Waals surface area contributed by atoms with E-state index in [1.807, 2.05) is 30.9 Å². The van der Waals surface area contributed by atoms with Gasteiger partial charge < -0.3 is 10.6 Å². The zero-order valence-electron chi connectivity index (χ0n) is 10.5. The number of rotatable bonds is 4. The average molecular weight is 244 g/mol. The minimum atomic E-state index is 0.228. The van der Waals surface area contributed by atoms with Crippen molar-refractivity contribution in [3.05, 3.63) is 24.5 Å². The molecule has 0 saturated heterocycles. The van der Waals surface area contributed by atoms with E-state index in [9.17, 15) is 0 Å². The molecule has 0 aromatic carbocycles. The van der Waals surface area contributed by atoms with Gasteiger partial charge in [0.05, 0.1) is 0 Å². The van der Waals surface area contributed by atoms with Gasteiger partial charge in [0.25, 0.3) is 0 Å². The van der Waals surface area contributed by atoms with Crippen molar-refractivity contribution >= 4 is 11.9 Å². The van der Waals surface area contributed by atoms with Gasteiger partial charge in [0, 0.05) is 31.0 Å². The summed E-state index contributed by atoms with van der Waals surface area (Å²) in [7, 11) is 0. The first kappa shape index (κ1) is 12.2. The van der Waals surface area contributed by atoms with Gasteiger partial charge in [-0.3, -0.25) is 4.98 Å². The summed E-state index contributed by atoms with van der Waals surface area (Å²) >= 11 is 0. The van der Waals surface area contributed by atoms with Crippen molar-refractivity contribution in [3.63, 3.8) is 0 Å². The Balaban J connectivity index is 2.44. The van der Waals surface area contributed by atoms with Crippen LogP contribution in [0.25, 0.3) is 11.4 Å². The van der Waals surface area contributed by atoms with Crippen LogP contribution in [0.3, 0.4) is 0 Å². The Morgan fingerprint density at radius 1 is 1.17 bits per heavy atom. The summed E-state index contributed by atoms with van der Waals surface area (Å²) in [5, 5.41) is 0. The largest absolute Gasteiger partial charge is 0.368 e. The Morgan fingerprint density at radius 3 is 2.56 bits per heavy atom. The fourth-order valence-electron chi connectivity index (χ4n) is 1.65. The Hall–Kier alpha value is -2.24. The first-order valence-electron chi connectivity index (χ1n) is 5.91. The van der Waals surface area contributed by atoms with Gasteiger partial charge in [-0.05, 0) is 26.0 Å². The second-order valence-electron chi connectivity index (χ2n) is 3.73. The Bertz CT molecular complexity index is 509. The minimum Gasteiger partial charge on any atom is -0.368 e. The van der Waals surface area contributed by atoms with Gasteiger partial charge >= 0.3 is 0 Å². The molecule has 18 heavy (non-hydrogen) atoms. The van der Waals surface area contributed by atoms with E-state index < -0.39 is 0 Å². The van der Waals surface area contributed by atoms with Gasteiger partial charge in [-0.25, -0.2) is 0 Å². The molecular weight excluding hydrogens is 228 g/mol. The Labute approximate surface area is 106 Å². The fraction of sp³-hybridized carbons (Fsp3) is 0.333. The summed E-state index contributed by atoms with van der Waals surface area (Å²) in [4.78, 5) is 18.8. The molecule has 0 spiro atoms. The summed E-state index contributed by atoms with van der Waals surface area (Å²) in [6.45, 7) is 5.75. The van der Waals surface area contributed by atoms with Crippen LogP contribution in [-0.4, -0.2) is 33.0 Å². The van der Waals surface area contributed by atoms with Crippen molar-refractivity contribution in [3.8, 4) is 11.4 Å². The summed E-state index contributed by atoms with van der Waals surface area (Å²) in [5.74, 6) is 1.38. The van der Waals surface area contributed by atoms with E-state index in [4.69, 9.17) is 5.73 Å². The van der Waals surface area contributed by atoms with Crippen LogP contribution < -0.4 is 10.6 Å². The maximum absolute atomic E-state index is 5.73. The zero-order valence-corrected chi connectivity index (χ0v) is 10.5. The maximum Gasteiger partial charge on any atom is 0.230 e. The molecule has 2 aromatic rings. The molecule has 0 atom stereocenters. The van der Waals surface area contributed by atoms with Crippen LogP contribution in [-0.2, 0) is 0 Å². The molecule has 0 bridgehead atoms. The van der Waals surface area contributed by atoms with Crippen LogP contribution in [0.15, 0.2) is 24.5 Å². The van der Waals surface area contributed by atoms with Gasteiger partial charge in [-0.2, -0.15) is 15.0 Å². The lowest BCUT2D eigenvalue weighted by Gasteiger charge is -2.18. The molecule has 0 fully saturated rings. The predicted octanol–water partition coefficient (Wildman–Crippen LogP) is 1.36. The number of nitrogens with two attached hydrogens (primary N) is 1. The first-order valence-corrected chi connectivity index (χ1v) is 5.91. The fourth-order valence-corrected chi connectivity index (χ4v) is 1.65. The molecule has 2 heterocycles. The molecule has 0 aliphatic heterocycles. The molecule has 2 aromatic heterocycles. The topological polar surface area (TPSA) is 80.8 Å². The van der Waals surface area contributed by atoms with E-state index in [1.54, 1.807) is 12.4 Å². The van der Waals surface area contributed by atoms with Crippen molar-refractivity contribution in [2.75, 3.05) is 23.7 Å². The second kappa shape index (κ2) is 5.39. The number of hydrogen-bond donors (Lipinski definition) is 1. The highest BCUT2D eigenvalue weighted by atomic mass is 15.3. The third-order valence-electron chi connectivity index (χ3n) is 2.61. The maximum atomic E-state index is 5.73. The van der Waals surface area contributed by atoms with E-state index in [0.29, 0.717) is 11.8 Å². The smallest absolute Gasteiger partial charge is 0.230 e. The molecule has 6 nitrogen and oxygen atoms in total. The molecule has 0 radical (unpaired) electrons. The third kappa shape index (κ3) is 2.53. The standard InChI is InChI=1S/C12H16N6/c1-3-18(4-2)12-16-10(15-11(13)17-12)9-6-5-7-14-8-9/h5-8H,3-4H2,1-2H3,(H2,13,15,16,17). The van der Waals surface area contributed by atoms with Gasteiger partial charge in [0.2, 0.25) is 11.9 Å². The predicted molar refractivity (Wildman–Crippen MR) is 71.0 cm³/mol. The first-order chi connectivity index (χ1) is 8.74. The summed E-state index contributed by atoms with van der Waals surface area (Å²) in [6, 6.07) is 3.74. The molecule has 2 rings (SSSR count). The van der Waals surface area contributed by atoms with Crippen molar-refractivity contribution in [1.82, 2.24) is 19.9 Å². The van der Waals surface area contributed by atoms with E-state index in [2.05, 4.69) is 19.9 Å². The number of hydrogen-bond acceptors (Lipinski definition) is 6. The minimum absolute atomic E-state index is 0.228. The van der Waals surface area contributed by atoms with Crippen LogP contribution in [0.2, 0.25) is 0 Å². The van der Waals surface area contributed by atoms with Crippen molar-refractivity contribution in [2.24, 2.45) is 0 Å². The van der Waals surface area contributed by atoms with Crippen LogP contribution in [0.5, 0.6) is 0 Å². The number of pyridine rings is 1. The van der Waals surface area contributed by atoms with Crippen molar-refractivity contribution in [2.45, 2.75) is 13.8 Å². The summed E-state index contributed by atoms with van der Waals surface area (Å²) in [5.41, 5.74) is 6.57. The molecular formula is C12H16N6. The molecule has 2 N–H and O–H groups in total. The van der Waals surface area contributed by atoms with E-state index in [0.717, 1.165) is 18.7 Å². The second-order valence-corrected chi connectivity index (χ2v) is 3.73. The van der Waals surface area contributed by atoms with Crippen molar-refractivity contribution in [1.29, 1.82) is 0 Å². The molecule has 0 aliphatic carbocycles. The monoisotopic (exact) mass is 244 g/mol. The van der Waals surface area contributed by atoms with Gasteiger partial charge in [-0.15, -0.1) is 0 Å². The third-order valence-corrected chi connectivity index (χ3v) is 2.61. The number of nitrogen functional groups attached to an aromatic ring is 1. The lowest BCUT2D eigenvalue weighted by Crippen LogP contribution is -2.25. The SMILES string of the molecule is CCN(CC)c1nc(N)nc(-c2cccnc2)n1. The van der Waals surface area contributed by atoms with Crippen LogP contribution in [0.1, 0.15) is 13.8 Å². The number of aromatic nitrogens is 4. The average Bonchev–Trinajstić information content (AvgIpc) is 2.40. The van der Waals surface area contributed by atoms with Gasteiger partial charge in [-0.1, -0.05) is 0 Å². The molecule has 0 unspecified atom stereocenters. The van der Waals surface area contributed by atoms with Gasteiger partial charge in [0.15, 0.2) is 5.82 Å². The molecule has 6 heteroatoms. The summed E-state index contributed by atoms with van der Waals surface area (Å²) < 4.78 is 0. The molecule has 94 valence electrons. The highest BCUT2D eigenvalue weighted by Gasteiger charge is 2.10. The van der Waals surface area contributed by atoms with Crippen LogP contribution in [0.4, 0.5) is 11.9 Å². The molecule has 0 amide bonds. The van der Waals surface area contributed by atoms with Crippen molar-refractivity contribution < 1.29 is 0 Å². The lowest BCUT2D eigenvalue weighted by molar-refractivity contribution is 0.816.